The van der Waals surface area contributed by atoms with Gasteiger partial charge in [0.1, 0.15) is 0 Å². The Kier molecular flexibility index (Phi) is 2.97. The Bertz CT molecular complexity index is 290. The molecule has 0 bridgehead atoms. The van der Waals surface area contributed by atoms with Crippen LogP contribution >= 0.6 is 0 Å². The van der Waals surface area contributed by atoms with Gasteiger partial charge in [0.15, 0.2) is 5.41 Å². The van der Waals surface area contributed by atoms with E-state index in [1.165, 1.54) is 0 Å². The highest BCUT2D eigenvalue weighted by Gasteiger charge is 2.57. The normalized spacial score (nSPS) is 16.0. The summed E-state index contributed by atoms with van der Waals surface area (Å²) in [6.45, 7) is 0. The Hall–Kier alpha value is -1.59. The van der Waals surface area contributed by atoms with Crippen LogP contribution in [-0.4, -0.2) is 33.2 Å². The van der Waals surface area contributed by atoms with Crippen molar-refractivity contribution in [1.82, 2.24) is 0 Å². The van der Waals surface area contributed by atoms with Crippen molar-refractivity contribution in [3.05, 3.63) is 0 Å². The summed E-state index contributed by atoms with van der Waals surface area (Å²) in [4.78, 5) is 32.3. The summed E-state index contributed by atoms with van der Waals surface area (Å²) in [6, 6.07) is 0. The number of rotatable bonds is 6. The molecule has 0 saturated heterocycles. The molecule has 0 spiro atoms. The van der Waals surface area contributed by atoms with Crippen LogP contribution in [0.4, 0.5) is 0 Å². The van der Waals surface area contributed by atoms with Crippen molar-refractivity contribution >= 4 is 17.9 Å². The molecule has 0 atom stereocenters. The zero-order valence-corrected chi connectivity index (χ0v) is 7.97. The van der Waals surface area contributed by atoms with Crippen LogP contribution < -0.4 is 0 Å². The molecule has 0 aromatic heterocycles. The smallest absolute Gasteiger partial charge is 0.321 e. The fourth-order valence-electron chi connectivity index (χ4n) is 1.74. The van der Waals surface area contributed by atoms with Crippen LogP contribution in [0.15, 0.2) is 0 Å². The van der Waals surface area contributed by atoms with Crippen LogP contribution in [0.5, 0.6) is 0 Å². The van der Waals surface area contributed by atoms with E-state index in [1.807, 2.05) is 0 Å². The van der Waals surface area contributed by atoms with Gasteiger partial charge in [-0.2, -0.15) is 0 Å². The molecule has 1 rings (SSSR count). The highest BCUT2D eigenvalue weighted by Crippen LogP contribution is 2.48. The van der Waals surface area contributed by atoms with Crippen LogP contribution in [0.2, 0.25) is 0 Å². The summed E-state index contributed by atoms with van der Waals surface area (Å²) in [5.74, 6) is -4.47. The van der Waals surface area contributed by atoms with Gasteiger partial charge in [-0.1, -0.05) is 0 Å². The molecule has 0 radical (unpaired) electrons. The summed E-state index contributed by atoms with van der Waals surface area (Å²) >= 11 is 0. The molecule has 1 aliphatic carbocycles. The molecule has 3 N–H and O–H groups in total. The molecular formula is C9H12O6. The van der Waals surface area contributed by atoms with Gasteiger partial charge in [0, 0.05) is 6.42 Å². The number of aliphatic carboxylic acids is 3. The van der Waals surface area contributed by atoms with Crippen LogP contribution in [0.25, 0.3) is 0 Å². The highest BCUT2D eigenvalue weighted by atomic mass is 16.4. The Labute approximate surface area is 85.5 Å². The first-order valence-corrected chi connectivity index (χ1v) is 4.60. The third-order valence-electron chi connectivity index (χ3n) is 2.77. The van der Waals surface area contributed by atoms with E-state index in [2.05, 4.69) is 0 Å². The Morgan fingerprint density at radius 3 is 1.80 bits per heavy atom. The van der Waals surface area contributed by atoms with Crippen LogP contribution in [0.3, 0.4) is 0 Å². The molecule has 0 unspecified atom stereocenters. The summed E-state index contributed by atoms with van der Waals surface area (Å²) < 4.78 is 0. The Morgan fingerprint density at radius 2 is 1.53 bits per heavy atom. The molecule has 0 heterocycles. The quantitative estimate of drug-likeness (QED) is 0.554. The van der Waals surface area contributed by atoms with Crippen LogP contribution in [-0.2, 0) is 14.4 Å². The molecule has 0 amide bonds. The summed E-state index contributed by atoms with van der Waals surface area (Å²) in [5, 5.41) is 26.3. The second kappa shape index (κ2) is 3.88. The Balaban J connectivity index is 2.87. The van der Waals surface area contributed by atoms with Gasteiger partial charge in [0.2, 0.25) is 0 Å². The van der Waals surface area contributed by atoms with E-state index < -0.39 is 35.7 Å². The first kappa shape index (κ1) is 11.5. The molecule has 6 heteroatoms. The molecule has 84 valence electrons. The molecule has 1 fully saturated rings. The Morgan fingerprint density at radius 1 is 1.07 bits per heavy atom. The summed E-state index contributed by atoms with van der Waals surface area (Å²) in [6.07, 6.45) is 0.295. The fourth-order valence-corrected chi connectivity index (χ4v) is 1.74. The first-order chi connectivity index (χ1) is 6.91. The van der Waals surface area contributed by atoms with Gasteiger partial charge in [-0.15, -0.1) is 0 Å². The lowest BCUT2D eigenvalue weighted by Crippen LogP contribution is -2.41. The maximum atomic E-state index is 11.0. The molecule has 1 saturated carbocycles. The SMILES string of the molecule is O=C(O)CCC(C(=O)O)(C(=O)O)C1CC1. The standard InChI is InChI=1S/C9H12O6/c10-6(11)3-4-9(7(12)13,8(14)15)5-1-2-5/h5H,1-4H2,(H,10,11)(H,12,13)(H,14,15). The van der Waals surface area contributed by atoms with E-state index >= 15 is 0 Å². The number of carboxylic acids is 3. The predicted octanol–water partition coefficient (Wildman–Crippen LogP) is 0.417. The molecule has 0 aliphatic heterocycles. The lowest BCUT2D eigenvalue weighted by Gasteiger charge is -2.23. The van der Waals surface area contributed by atoms with Crippen molar-refractivity contribution < 1.29 is 29.7 Å². The van der Waals surface area contributed by atoms with Crippen molar-refractivity contribution in [2.24, 2.45) is 11.3 Å². The van der Waals surface area contributed by atoms with Gasteiger partial charge in [0.25, 0.3) is 0 Å². The van der Waals surface area contributed by atoms with Crippen molar-refractivity contribution in [2.75, 3.05) is 0 Å². The summed E-state index contributed by atoms with van der Waals surface area (Å²) in [7, 11) is 0. The first-order valence-electron chi connectivity index (χ1n) is 4.60. The second-order valence-corrected chi connectivity index (χ2v) is 3.75. The minimum absolute atomic E-state index is 0.350. The van der Waals surface area contributed by atoms with Gasteiger partial charge < -0.3 is 15.3 Å². The van der Waals surface area contributed by atoms with E-state index in [-0.39, 0.29) is 6.42 Å². The molecule has 6 nitrogen and oxygen atoms in total. The monoisotopic (exact) mass is 216 g/mol. The molecular weight excluding hydrogens is 204 g/mol. The third kappa shape index (κ3) is 2.08. The van der Waals surface area contributed by atoms with E-state index in [1.54, 1.807) is 0 Å². The number of carboxylic acid groups (broad SMARTS) is 3. The number of carbonyl (C=O) groups is 3. The average Bonchev–Trinajstić information content (AvgIpc) is 2.87. The molecule has 1 aliphatic rings. The topological polar surface area (TPSA) is 112 Å². The average molecular weight is 216 g/mol. The van der Waals surface area contributed by atoms with Crippen molar-refractivity contribution in [1.29, 1.82) is 0 Å². The fraction of sp³-hybridized carbons (Fsp3) is 0.667. The maximum Gasteiger partial charge on any atom is 0.321 e. The molecule has 0 aromatic carbocycles. The van der Waals surface area contributed by atoms with Gasteiger partial charge in [-0.05, 0) is 25.2 Å². The number of hydrogen-bond donors (Lipinski definition) is 3. The molecule has 0 aromatic rings. The van der Waals surface area contributed by atoms with Crippen molar-refractivity contribution in [3.8, 4) is 0 Å². The van der Waals surface area contributed by atoms with E-state index in [0.717, 1.165) is 0 Å². The predicted molar refractivity (Wildman–Crippen MR) is 47.3 cm³/mol. The van der Waals surface area contributed by atoms with Gasteiger partial charge in [0.05, 0.1) is 0 Å². The van der Waals surface area contributed by atoms with Gasteiger partial charge in [-0.3, -0.25) is 14.4 Å². The third-order valence-corrected chi connectivity index (χ3v) is 2.77. The van der Waals surface area contributed by atoms with Gasteiger partial charge >= 0.3 is 17.9 Å². The van der Waals surface area contributed by atoms with E-state index in [9.17, 15) is 14.4 Å². The second-order valence-electron chi connectivity index (χ2n) is 3.75. The lowest BCUT2D eigenvalue weighted by molar-refractivity contribution is -0.167. The zero-order valence-electron chi connectivity index (χ0n) is 7.97. The van der Waals surface area contributed by atoms with Crippen molar-refractivity contribution in [3.63, 3.8) is 0 Å². The minimum Gasteiger partial charge on any atom is -0.481 e. The lowest BCUT2D eigenvalue weighted by atomic mass is 9.78. The largest absolute Gasteiger partial charge is 0.481 e. The zero-order chi connectivity index (χ0) is 11.6. The maximum absolute atomic E-state index is 11.0. The van der Waals surface area contributed by atoms with E-state index in [0.29, 0.717) is 12.8 Å². The van der Waals surface area contributed by atoms with Crippen LogP contribution in [0.1, 0.15) is 25.7 Å². The minimum atomic E-state index is -1.90. The van der Waals surface area contributed by atoms with Crippen molar-refractivity contribution in [2.45, 2.75) is 25.7 Å². The van der Waals surface area contributed by atoms with Crippen LogP contribution in [0, 0.1) is 11.3 Å². The summed E-state index contributed by atoms with van der Waals surface area (Å²) in [5.41, 5.74) is -1.90. The number of hydrogen-bond acceptors (Lipinski definition) is 3. The highest BCUT2D eigenvalue weighted by molar-refractivity contribution is 5.99. The molecule has 15 heavy (non-hydrogen) atoms. The van der Waals surface area contributed by atoms with Gasteiger partial charge in [-0.25, -0.2) is 0 Å². The van der Waals surface area contributed by atoms with E-state index in [4.69, 9.17) is 15.3 Å².